The minimum Gasteiger partial charge on any atom is -0.447 e. The molecule has 1 N–H and O–H groups in total. The molecule has 1 aliphatic heterocycles. The summed E-state index contributed by atoms with van der Waals surface area (Å²) in [6.45, 7) is 11.5. The lowest BCUT2D eigenvalue weighted by Gasteiger charge is -2.34. The van der Waals surface area contributed by atoms with E-state index in [1.54, 1.807) is 7.11 Å². The molecule has 0 saturated carbocycles. The molecule has 1 aliphatic rings. The van der Waals surface area contributed by atoms with Crippen molar-refractivity contribution in [3.05, 3.63) is 124 Å². The molecule has 8 heteroatoms. The van der Waals surface area contributed by atoms with Gasteiger partial charge in [-0.2, -0.15) is 0 Å². The summed E-state index contributed by atoms with van der Waals surface area (Å²) in [4.78, 5) is 31.8. The van der Waals surface area contributed by atoms with E-state index in [2.05, 4.69) is 77.3 Å². The van der Waals surface area contributed by atoms with Crippen LogP contribution in [0.15, 0.2) is 96.5 Å². The highest BCUT2D eigenvalue weighted by Gasteiger charge is 2.28. The molecule has 1 aromatic heterocycles. The van der Waals surface area contributed by atoms with E-state index in [9.17, 15) is 9.59 Å². The standard InChI is InChI=1S/C38H48N4O4/c1-27(2)46-38(44)39-24-34-13-11-31(12-14-34)22-32-15-17-35(18-16-32)30(5)42-20-7-8-36(37(42)43)23-33(19-21-45-6)10-9-29(4)41-25-28(3)40-26-41/h9-19,23,25-27,29-30H,7-8,20-22,24H2,1-6H3,(H,39,44)/b10-9-,33-19+,36-23+. The van der Waals surface area contributed by atoms with Gasteiger partial charge in [0.1, 0.15) is 0 Å². The summed E-state index contributed by atoms with van der Waals surface area (Å²) in [5.74, 6) is 0.0878. The number of likely N-dealkylation sites (tertiary alicyclic amines) is 1. The average Bonchev–Trinajstić information content (AvgIpc) is 3.48. The third kappa shape index (κ3) is 10.0. The van der Waals surface area contributed by atoms with Crippen LogP contribution in [0.5, 0.6) is 0 Å². The van der Waals surface area contributed by atoms with Crippen LogP contribution in [0.3, 0.4) is 0 Å². The van der Waals surface area contributed by atoms with Gasteiger partial charge >= 0.3 is 6.09 Å². The Kier molecular flexibility index (Phi) is 12.5. The lowest BCUT2D eigenvalue weighted by molar-refractivity contribution is -0.130. The van der Waals surface area contributed by atoms with E-state index in [4.69, 9.17) is 9.47 Å². The first kappa shape index (κ1) is 34.4. The molecule has 1 saturated heterocycles. The Balaban J connectivity index is 1.37. The Morgan fingerprint density at radius 3 is 2.33 bits per heavy atom. The van der Waals surface area contributed by atoms with Crippen molar-refractivity contribution in [2.75, 3.05) is 20.3 Å². The summed E-state index contributed by atoms with van der Waals surface area (Å²) in [6.07, 6.45) is 14.0. The van der Waals surface area contributed by atoms with Crippen molar-refractivity contribution in [3.8, 4) is 0 Å². The number of benzene rings is 2. The van der Waals surface area contributed by atoms with Gasteiger partial charge in [0, 0.05) is 32.0 Å². The molecule has 0 aliphatic carbocycles. The smallest absolute Gasteiger partial charge is 0.407 e. The number of rotatable bonds is 13. The van der Waals surface area contributed by atoms with Gasteiger partial charge in [-0.25, -0.2) is 9.78 Å². The first-order valence-corrected chi connectivity index (χ1v) is 16.1. The molecule has 4 rings (SSSR count). The molecule has 0 bridgehead atoms. The quantitative estimate of drug-likeness (QED) is 0.158. The number of nitrogens with one attached hydrogen (secondary N) is 1. The molecule has 2 heterocycles. The van der Waals surface area contributed by atoms with Crippen molar-refractivity contribution in [1.29, 1.82) is 0 Å². The largest absolute Gasteiger partial charge is 0.447 e. The number of methoxy groups -OCH3 is 1. The molecule has 244 valence electrons. The number of aryl methyl sites for hydroxylation is 1. The van der Waals surface area contributed by atoms with Gasteiger partial charge in [-0.15, -0.1) is 0 Å². The monoisotopic (exact) mass is 624 g/mol. The zero-order valence-corrected chi connectivity index (χ0v) is 28.0. The first-order valence-electron chi connectivity index (χ1n) is 16.1. The van der Waals surface area contributed by atoms with Gasteiger partial charge in [0.15, 0.2) is 0 Å². The molecule has 2 atom stereocenters. The van der Waals surface area contributed by atoms with Gasteiger partial charge in [-0.1, -0.05) is 66.8 Å². The van der Waals surface area contributed by atoms with Gasteiger partial charge in [0.2, 0.25) is 5.91 Å². The van der Waals surface area contributed by atoms with Crippen LogP contribution >= 0.6 is 0 Å². The molecular weight excluding hydrogens is 576 g/mol. The van der Waals surface area contributed by atoms with Gasteiger partial charge in [0.05, 0.1) is 36.8 Å². The van der Waals surface area contributed by atoms with E-state index in [-0.39, 0.29) is 24.1 Å². The molecule has 0 radical (unpaired) electrons. The van der Waals surface area contributed by atoms with Crippen molar-refractivity contribution < 1.29 is 19.1 Å². The lowest BCUT2D eigenvalue weighted by atomic mass is 9.96. The summed E-state index contributed by atoms with van der Waals surface area (Å²) in [5, 5.41) is 2.78. The number of hydrogen-bond donors (Lipinski definition) is 1. The highest BCUT2D eigenvalue weighted by Crippen LogP contribution is 2.29. The third-order valence-corrected chi connectivity index (χ3v) is 8.12. The van der Waals surface area contributed by atoms with Crippen LogP contribution in [-0.4, -0.2) is 52.8 Å². The molecule has 1 fully saturated rings. The van der Waals surface area contributed by atoms with Gasteiger partial charge < -0.3 is 24.3 Å². The van der Waals surface area contributed by atoms with E-state index >= 15 is 0 Å². The second kappa shape index (κ2) is 16.8. The van der Waals surface area contributed by atoms with E-state index in [1.165, 1.54) is 11.1 Å². The summed E-state index contributed by atoms with van der Waals surface area (Å²) in [5.41, 5.74) is 7.30. The molecular formula is C38H48N4O4. The van der Waals surface area contributed by atoms with Gasteiger partial charge in [0.25, 0.3) is 0 Å². The fourth-order valence-electron chi connectivity index (χ4n) is 5.44. The van der Waals surface area contributed by atoms with Crippen molar-refractivity contribution >= 4 is 12.0 Å². The third-order valence-electron chi connectivity index (χ3n) is 8.12. The Bertz CT molecular complexity index is 1530. The molecule has 2 aromatic carbocycles. The number of carbonyl (C=O) groups is 2. The van der Waals surface area contributed by atoms with E-state index in [0.29, 0.717) is 13.2 Å². The Morgan fingerprint density at radius 2 is 1.70 bits per heavy atom. The average molecular weight is 625 g/mol. The second-order valence-electron chi connectivity index (χ2n) is 12.2. The number of hydrogen-bond acceptors (Lipinski definition) is 5. The fourth-order valence-corrected chi connectivity index (χ4v) is 5.44. The number of amides is 2. The molecule has 2 unspecified atom stereocenters. The van der Waals surface area contributed by atoms with Crippen LogP contribution in [0.4, 0.5) is 4.79 Å². The predicted molar refractivity (Wildman–Crippen MR) is 182 cm³/mol. The molecule has 46 heavy (non-hydrogen) atoms. The minimum absolute atomic E-state index is 0.0362. The van der Waals surface area contributed by atoms with Crippen molar-refractivity contribution in [3.63, 3.8) is 0 Å². The van der Waals surface area contributed by atoms with E-state index in [1.807, 2.05) is 62.5 Å². The number of carbonyl (C=O) groups excluding carboxylic acids is 2. The SMILES string of the molecule is COC/C=C(\C=C/C(C)n1cnc(C)c1)/C=C1\CCCN(C(C)c2ccc(Cc3ccc(CNC(=O)OC(C)C)cc3)cc2)C1=O. The summed E-state index contributed by atoms with van der Waals surface area (Å²) >= 11 is 0. The highest BCUT2D eigenvalue weighted by molar-refractivity contribution is 5.95. The Hall–Kier alpha value is -4.43. The zero-order chi connectivity index (χ0) is 33.1. The van der Waals surface area contributed by atoms with Gasteiger partial charge in [-0.3, -0.25) is 4.79 Å². The maximum absolute atomic E-state index is 13.7. The number of piperidine rings is 1. The van der Waals surface area contributed by atoms with E-state index < -0.39 is 6.09 Å². The molecule has 2 amide bonds. The van der Waals surface area contributed by atoms with Crippen molar-refractivity contribution in [2.24, 2.45) is 0 Å². The number of nitrogens with zero attached hydrogens (tertiary/aromatic N) is 3. The minimum atomic E-state index is -0.407. The summed E-state index contributed by atoms with van der Waals surface area (Å²) in [7, 11) is 1.67. The van der Waals surface area contributed by atoms with Crippen LogP contribution in [-0.2, 0) is 27.2 Å². The topological polar surface area (TPSA) is 85.7 Å². The summed E-state index contributed by atoms with van der Waals surface area (Å²) < 4.78 is 12.5. The maximum atomic E-state index is 13.7. The predicted octanol–water partition coefficient (Wildman–Crippen LogP) is 7.42. The number of ether oxygens (including phenoxy) is 2. The van der Waals surface area contributed by atoms with Crippen LogP contribution in [0, 0.1) is 6.92 Å². The molecule has 8 nitrogen and oxygen atoms in total. The van der Waals surface area contributed by atoms with Crippen LogP contribution in [0.25, 0.3) is 0 Å². The number of allylic oxidation sites excluding steroid dienone is 4. The van der Waals surface area contributed by atoms with E-state index in [0.717, 1.165) is 53.8 Å². The zero-order valence-electron chi connectivity index (χ0n) is 28.0. The normalized spacial score (nSPS) is 16.3. The number of aromatic nitrogens is 2. The maximum Gasteiger partial charge on any atom is 0.407 e. The lowest BCUT2D eigenvalue weighted by Crippen LogP contribution is -2.38. The Labute approximate surface area is 273 Å². The van der Waals surface area contributed by atoms with Crippen LogP contribution in [0.1, 0.15) is 80.6 Å². The number of imidazole rings is 1. The second-order valence-corrected chi connectivity index (χ2v) is 12.2. The van der Waals surface area contributed by atoms with Crippen LogP contribution in [0.2, 0.25) is 0 Å². The van der Waals surface area contributed by atoms with Gasteiger partial charge in [-0.05, 0) is 87.8 Å². The number of alkyl carbamates (subject to hydrolysis) is 1. The highest BCUT2D eigenvalue weighted by atomic mass is 16.6. The Morgan fingerprint density at radius 1 is 1.02 bits per heavy atom. The first-order chi connectivity index (χ1) is 22.1. The molecule has 3 aromatic rings. The van der Waals surface area contributed by atoms with Crippen molar-refractivity contribution in [2.45, 2.75) is 78.6 Å². The fraction of sp³-hybridized carbons (Fsp3) is 0.395. The molecule has 0 spiro atoms. The van der Waals surface area contributed by atoms with Crippen molar-refractivity contribution in [1.82, 2.24) is 19.8 Å². The van der Waals surface area contributed by atoms with Crippen LogP contribution < -0.4 is 5.32 Å². The summed E-state index contributed by atoms with van der Waals surface area (Å²) in [6, 6.07) is 16.9.